The van der Waals surface area contributed by atoms with E-state index in [1.54, 1.807) is 11.8 Å². The Hall–Kier alpha value is -0.790. The van der Waals surface area contributed by atoms with Crippen LogP contribution >= 0.6 is 11.8 Å². The van der Waals surface area contributed by atoms with Crippen molar-refractivity contribution in [3.8, 4) is 0 Å². The molecular formula is C12H17FN2O2S2. The lowest BCUT2D eigenvalue weighted by Gasteiger charge is -2.33. The van der Waals surface area contributed by atoms with Gasteiger partial charge in [-0.1, -0.05) is 13.8 Å². The molecule has 4 nitrogen and oxygen atoms in total. The van der Waals surface area contributed by atoms with Crippen molar-refractivity contribution in [1.29, 1.82) is 0 Å². The van der Waals surface area contributed by atoms with E-state index in [0.717, 1.165) is 6.07 Å². The van der Waals surface area contributed by atoms with Crippen LogP contribution in [0, 0.1) is 5.82 Å². The highest BCUT2D eigenvalue weighted by Crippen LogP contribution is 2.30. The fourth-order valence-electron chi connectivity index (χ4n) is 2.18. The largest absolute Gasteiger partial charge is 0.399 e. The molecule has 0 aliphatic carbocycles. The number of nitrogens with two attached hydrogens (primary N) is 1. The van der Waals surface area contributed by atoms with Crippen molar-refractivity contribution in [2.45, 2.75) is 29.2 Å². The first kappa shape index (κ1) is 14.6. The maximum absolute atomic E-state index is 13.7. The number of thioether (sulfide) groups is 1. The summed E-state index contributed by atoms with van der Waals surface area (Å²) in [6.07, 6.45) is 0. The van der Waals surface area contributed by atoms with Crippen molar-refractivity contribution >= 4 is 27.5 Å². The van der Waals surface area contributed by atoms with Crippen LogP contribution in [0.15, 0.2) is 23.1 Å². The van der Waals surface area contributed by atoms with Crippen LogP contribution in [0.5, 0.6) is 0 Å². The van der Waals surface area contributed by atoms with E-state index in [-0.39, 0.29) is 21.1 Å². The minimum Gasteiger partial charge on any atom is -0.399 e. The molecule has 0 bridgehead atoms. The second-order valence-electron chi connectivity index (χ2n) is 4.77. The number of anilines is 1. The number of halogens is 1. The van der Waals surface area contributed by atoms with Gasteiger partial charge < -0.3 is 5.73 Å². The molecule has 1 aliphatic rings. The van der Waals surface area contributed by atoms with Gasteiger partial charge in [-0.2, -0.15) is 16.1 Å². The lowest BCUT2D eigenvalue weighted by Crippen LogP contribution is -2.44. The van der Waals surface area contributed by atoms with Gasteiger partial charge in [0, 0.05) is 29.3 Å². The van der Waals surface area contributed by atoms with E-state index in [1.807, 2.05) is 13.8 Å². The molecule has 19 heavy (non-hydrogen) atoms. The van der Waals surface area contributed by atoms with Gasteiger partial charge in [0.2, 0.25) is 10.0 Å². The van der Waals surface area contributed by atoms with Crippen molar-refractivity contribution in [3.63, 3.8) is 0 Å². The second kappa shape index (κ2) is 5.30. The van der Waals surface area contributed by atoms with Crippen LogP contribution < -0.4 is 5.73 Å². The number of nitrogens with zero attached hydrogens (tertiary/aromatic N) is 1. The first-order chi connectivity index (χ1) is 8.80. The summed E-state index contributed by atoms with van der Waals surface area (Å²) >= 11 is 1.74. The molecule has 1 aromatic carbocycles. The summed E-state index contributed by atoms with van der Waals surface area (Å²) in [6, 6.07) is 3.63. The van der Waals surface area contributed by atoms with Crippen molar-refractivity contribution in [2.24, 2.45) is 0 Å². The lowest BCUT2D eigenvalue weighted by atomic mass is 10.3. The quantitative estimate of drug-likeness (QED) is 0.848. The zero-order valence-corrected chi connectivity index (χ0v) is 12.5. The molecule has 1 aromatic rings. The average molecular weight is 304 g/mol. The van der Waals surface area contributed by atoms with Crippen LogP contribution in [0.2, 0.25) is 0 Å². The number of sulfonamides is 1. The summed E-state index contributed by atoms with van der Waals surface area (Å²) in [4.78, 5) is -0.334. The van der Waals surface area contributed by atoms with Gasteiger partial charge in [0.15, 0.2) is 0 Å². The summed E-state index contributed by atoms with van der Waals surface area (Å²) in [7, 11) is -3.82. The molecule has 0 aromatic heterocycles. The van der Waals surface area contributed by atoms with Crippen LogP contribution in [0.3, 0.4) is 0 Å². The number of hydrogen-bond acceptors (Lipinski definition) is 4. The molecule has 2 N–H and O–H groups in total. The molecule has 7 heteroatoms. The molecule has 0 radical (unpaired) electrons. The second-order valence-corrected chi connectivity index (χ2v) is 8.56. The van der Waals surface area contributed by atoms with Crippen molar-refractivity contribution in [1.82, 2.24) is 4.31 Å². The molecule has 2 atom stereocenters. The Morgan fingerprint density at radius 1 is 1.32 bits per heavy atom. The fourth-order valence-corrected chi connectivity index (χ4v) is 5.41. The van der Waals surface area contributed by atoms with Crippen LogP contribution in [0.25, 0.3) is 0 Å². The molecule has 0 amide bonds. The van der Waals surface area contributed by atoms with Crippen LogP contribution in [-0.4, -0.2) is 36.3 Å². The van der Waals surface area contributed by atoms with Crippen molar-refractivity contribution in [2.75, 3.05) is 18.8 Å². The molecule has 106 valence electrons. The average Bonchev–Trinajstić information content (AvgIpc) is 2.31. The van der Waals surface area contributed by atoms with E-state index in [9.17, 15) is 12.8 Å². The molecule has 1 fully saturated rings. The summed E-state index contributed by atoms with van der Waals surface area (Å²) in [5, 5.41) is 0.394. The zero-order chi connectivity index (χ0) is 14.2. The third kappa shape index (κ3) is 3.04. The SMILES string of the molecule is CC1CN(S(=O)(=O)c2cc(N)ccc2F)CC(C)S1. The van der Waals surface area contributed by atoms with Gasteiger partial charge >= 0.3 is 0 Å². The van der Waals surface area contributed by atoms with Gasteiger partial charge in [0.05, 0.1) is 0 Å². The third-order valence-corrected chi connectivity index (χ3v) is 6.03. The first-order valence-electron chi connectivity index (χ1n) is 6.01. The monoisotopic (exact) mass is 304 g/mol. The molecule has 2 unspecified atom stereocenters. The van der Waals surface area contributed by atoms with Gasteiger partial charge in [-0.15, -0.1) is 0 Å². The van der Waals surface area contributed by atoms with E-state index in [2.05, 4.69) is 0 Å². The van der Waals surface area contributed by atoms with Crippen LogP contribution in [0.1, 0.15) is 13.8 Å². The third-order valence-electron chi connectivity index (χ3n) is 2.96. The predicted octanol–water partition coefficient (Wildman–Crippen LogP) is 1.92. The van der Waals surface area contributed by atoms with Crippen molar-refractivity contribution < 1.29 is 12.8 Å². The topological polar surface area (TPSA) is 63.4 Å². The van der Waals surface area contributed by atoms with Crippen LogP contribution in [-0.2, 0) is 10.0 Å². The Morgan fingerprint density at radius 2 is 1.89 bits per heavy atom. The summed E-state index contributed by atoms with van der Waals surface area (Å²) in [5.41, 5.74) is 5.80. The summed E-state index contributed by atoms with van der Waals surface area (Å²) in [6.45, 7) is 4.73. The fraction of sp³-hybridized carbons (Fsp3) is 0.500. The van der Waals surface area contributed by atoms with Crippen molar-refractivity contribution in [3.05, 3.63) is 24.0 Å². The normalized spacial score (nSPS) is 25.4. The summed E-state index contributed by atoms with van der Waals surface area (Å²) in [5.74, 6) is -0.757. The molecule has 1 aliphatic heterocycles. The lowest BCUT2D eigenvalue weighted by molar-refractivity contribution is 0.401. The van der Waals surface area contributed by atoms with E-state index in [1.165, 1.54) is 16.4 Å². The van der Waals surface area contributed by atoms with E-state index in [0.29, 0.717) is 13.1 Å². The molecule has 2 rings (SSSR count). The zero-order valence-electron chi connectivity index (χ0n) is 10.8. The molecule has 0 spiro atoms. The van der Waals surface area contributed by atoms with Gasteiger partial charge in [-0.05, 0) is 18.2 Å². The number of rotatable bonds is 2. The van der Waals surface area contributed by atoms with E-state index in [4.69, 9.17) is 5.73 Å². The Labute approximate surface area is 117 Å². The van der Waals surface area contributed by atoms with Gasteiger partial charge in [0.25, 0.3) is 0 Å². The highest BCUT2D eigenvalue weighted by Gasteiger charge is 2.33. The smallest absolute Gasteiger partial charge is 0.246 e. The minimum atomic E-state index is -3.82. The van der Waals surface area contributed by atoms with Gasteiger partial charge in [-0.3, -0.25) is 0 Å². The van der Waals surface area contributed by atoms with E-state index < -0.39 is 15.8 Å². The van der Waals surface area contributed by atoms with Gasteiger partial charge in [0.1, 0.15) is 10.7 Å². The number of nitrogen functional groups attached to an aromatic ring is 1. The standard InChI is InChI=1S/C12H17FN2O2S2/c1-8-6-15(7-9(2)18-8)19(16,17)12-5-10(14)3-4-11(12)13/h3-5,8-9H,6-7,14H2,1-2H3. The Morgan fingerprint density at radius 3 is 2.47 bits per heavy atom. The summed E-state index contributed by atoms with van der Waals surface area (Å²) < 4.78 is 40.0. The number of benzene rings is 1. The molecule has 0 saturated carbocycles. The molecule has 1 saturated heterocycles. The Bertz CT molecular complexity index is 567. The van der Waals surface area contributed by atoms with E-state index >= 15 is 0 Å². The van der Waals surface area contributed by atoms with Gasteiger partial charge in [-0.25, -0.2) is 12.8 Å². The number of hydrogen-bond donors (Lipinski definition) is 1. The Balaban J connectivity index is 2.39. The van der Waals surface area contributed by atoms with Crippen LogP contribution in [0.4, 0.5) is 10.1 Å². The molecule has 1 heterocycles. The highest BCUT2D eigenvalue weighted by atomic mass is 32.2. The predicted molar refractivity (Wildman–Crippen MR) is 76.1 cm³/mol. The maximum Gasteiger partial charge on any atom is 0.246 e. The first-order valence-corrected chi connectivity index (χ1v) is 8.39. The molecular weight excluding hydrogens is 287 g/mol. The minimum absolute atomic E-state index is 0.197. The maximum atomic E-state index is 13.7. The Kier molecular flexibility index (Phi) is 4.08. The highest BCUT2D eigenvalue weighted by molar-refractivity contribution is 8.00.